The standard InChI is InChI=1S/C14H25NO4/c1-13(2,3)6-4-5-11(16)15-14(12(17)18)7-9-19-10-8-14/h4-10H2,1-3H3,(H,15,16)(H,17,18). The highest BCUT2D eigenvalue weighted by molar-refractivity contribution is 5.87. The van der Waals surface area contributed by atoms with Crippen LogP contribution in [0.15, 0.2) is 0 Å². The fraction of sp³-hybridized carbons (Fsp3) is 0.857. The highest BCUT2D eigenvalue weighted by atomic mass is 16.5. The summed E-state index contributed by atoms with van der Waals surface area (Å²) in [6.07, 6.45) is 2.79. The highest BCUT2D eigenvalue weighted by Gasteiger charge is 2.41. The van der Waals surface area contributed by atoms with Gasteiger partial charge in [0.1, 0.15) is 5.54 Å². The predicted octanol–water partition coefficient (Wildman–Crippen LogP) is 1.95. The van der Waals surface area contributed by atoms with Gasteiger partial charge >= 0.3 is 5.97 Å². The Kier molecular flexibility index (Phi) is 5.35. The van der Waals surface area contributed by atoms with Crippen molar-refractivity contribution < 1.29 is 19.4 Å². The molecule has 0 aromatic rings. The minimum Gasteiger partial charge on any atom is -0.480 e. The van der Waals surface area contributed by atoms with Crippen LogP contribution in [-0.2, 0) is 14.3 Å². The number of carboxylic acids is 1. The van der Waals surface area contributed by atoms with E-state index in [1.165, 1.54) is 0 Å². The van der Waals surface area contributed by atoms with Crippen molar-refractivity contribution in [3.8, 4) is 0 Å². The second kappa shape index (κ2) is 6.37. The molecule has 1 rings (SSSR count). The molecule has 1 saturated heterocycles. The maximum absolute atomic E-state index is 11.9. The Bertz CT molecular complexity index is 327. The lowest BCUT2D eigenvalue weighted by Gasteiger charge is -2.34. The van der Waals surface area contributed by atoms with Crippen molar-refractivity contribution in [3.05, 3.63) is 0 Å². The predicted molar refractivity (Wildman–Crippen MR) is 71.9 cm³/mol. The van der Waals surface area contributed by atoms with Gasteiger partial charge in [0.2, 0.25) is 5.91 Å². The van der Waals surface area contributed by atoms with E-state index in [1.807, 2.05) is 0 Å². The number of aliphatic carboxylic acids is 1. The SMILES string of the molecule is CC(C)(C)CCCC(=O)NC1(C(=O)O)CCOCC1. The van der Waals surface area contributed by atoms with Crippen LogP contribution in [0.3, 0.4) is 0 Å². The van der Waals surface area contributed by atoms with Gasteiger partial charge in [-0.2, -0.15) is 0 Å². The second-order valence-corrected chi connectivity index (χ2v) is 6.46. The van der Waals surface area contributed by atoms with Crippen molar-refractivity contribution >= 4 is 11.9 Å². The Morgan fingerprint density at radius 3 is 2.32 bits per heavy atom. The molecule has 1 amide bonds. The van der Waals surface area contributed by atoms with Gasteiger partial charge < -0.3 is 15.2 Å². The lowest BCUT2D eigenvalue weighted by molar-refractivity contribution is -0.152. The molecule has 0 spiro atoms. The first kappa shape index (κ1) is 16.0. The summed E-state index contributed by atoms with van der Waals surface area (Å²) >= 11 is 0. The molecular weight excluding hydrogens is 246 g/mol. The Labute approximate surface area is 114 Å². The van der Waals surface area contributed by atoms with Crippen LogP contribution in [-0.4, -0.2) is 35.7 Å². The molecule has 0 aromatic heterocycles. The molecule has 1 aliphatic rings. The summed E-state index contributed by atoms with van der Waals surface area (Å²) in [7, 11) is 0. The highest BCUT2D eigenvalue weighted by Crippen LogP contribution is 2.23. The number of ether oxygens (including phenoxy) is 1. The third-order valence-corrected chi connectivity index (χ3v) is 3.47. The summed E-state index contributed by atoms with van der Waals surface area (Å²) in [5, 5.41) is 12.0. The minimum absolute atomic E-state index is 0.173. The molecular formula is C14H25NO4. The van der Waals surface area contributed by atoms with Crippen LogP contribution >= 0.6 is 0 Å². The average molecular weight is 271 g/mol. The molecule has 0 radical (unpaired) electrons. The van der Waals surface area contributed by atoms with E-state index in [1.54, 1.807) is 0 Å². The van der Waals surface area contributed by atoms with Gasteiger partial charge in [0.15, 0.2) is 0 Å². The zero-order valence-electron chi connectivity index (χ0n) is 12.1. The van der Waals surface area contributed by atoms with Crippen molar-refractivity contribution in [2.75, 3.05) is 13.2 Å². The molecule has 1 aliphatic heterocycles. The van der Waals surface area contributed by atoms with Gasteiger partial charge in [0.25, 0.3) is 0 Å². The largest absolute Gasteiger partial charge is 0.480 e. The van der Waals surface area contributed by atoms with Gasteiger partial charge in [-0.3, -0.25) is 4.79 Å². The summed E-state index contributed by atoms with van der Waals surface area (Å²) in [5.74, 6) is -1.13. The first-order chi connectivity index (χ1) is 8.75. The fourth-order valence-electron chi connectivity index (χ4n) is 2.22. The van der Waals surface area contributed by atoms with Gasteiger partial charge in [-0.25, -0.2) is 4.79 Å². The van der Waals surface area contributed by atoms with Crippen molar-refractivity contribution in [2.45, 2.75) is 58.4 Å². The molecule has 19 heavy (non-hydrogen) atoms. The summed E-state index contributed by atoms with van der Waals surface area (Å²) in [6.45, 7) is 7.15. The fourth-order valence-corrected chi connectivity index (χ4v) is 2.22. The van der Waals surface area contributed by atoms with Crippen LogP contribution in [0.25, 0.3) is 0 Å². The van der Waals surface area contributed by atoms with Crippen LogP contribution in [0.4, 0.5) is 0 Å². The quantitative estimate of drug-likeness (QED) is 0.801. The van der Waals surface area contributed by atoms with Crippen molar-refractivity contribution in [2.24, 2.45) is 5.41 Å². The number of carbonyl (C=O) groups excluding carboxylic acids is 1. The lowest BCUT2D eigenvalue weighted by Crippen LogP contribution is -2.57. The minimum atomic E-state index is -1.13. The summed E-state index contributed by atoms with van der Waals surface area (Å²) in [4.78, 5) is 23.3. The number of hydrogen-bond donors (Lipinski definition) is 2. The Morgan fingerprint density at radius 1 is 1.26 bits per heavy atom. The van der Waals surface area contributed by atoms with E-state index in [9.17, 15) is 14.7 Å². The molecule has 5 heteroatoms. The van der Waals surface area contributed by atoms with Gasteiger partial charge in [-0.15, -0.1) is 0 Å². The first-order valence-corrected chi connectivity index (χ1v) is 6.87. The number of hydrogen-bond acceptors (Lipinski definition) is 3. The molecule has 0 aliphatic carbocycles. The number of carboxylic acid groups (broad SMARTS) is 1. The van der Waals surface area contributed by atoms with Crippen molar-refractivity contribution in [1.29, 1.82) is 0 Å². The molecule has 0 saturated carbocycles. The van der Waals surface area contributed by atoms with Crippen LogP contribution in [0.1, 0.15) is 52.9 Å². The summed E-state index contributed by atoms with van der Waals surface area (Å²) < 4.78 is 5.17. The van der Waals surface area contributed by atoms with Crippen LogP contribution in [0, 0.1) is 5.41 Å². The van der Waals surface area contributed by atoms with Crippen molar-refractivity contribution in [3.63, 3.8) is 0 Å². The molecule has 110 valence electrons. The van der Waals surface area contributed by atoms with E-state index >= 15 is 0 Å². The smallest absolute Gasteiger partial charge is 0.329 e. The number of nitrogens with one attached hydrogen (secondary N) is 1. The van der Waals surface area contributed by atoms with Crippen LogP contribution in [0.2, 0.25) is 0 Å². The maximum atomic E-state index is 11.9. The van der Waals surface area contributed by atoms with E-state index in [0.717, 1.165) is 12.8 Å². The number of carbonyl (C=O) groups is 2. The molecule has 1 heterocycles. The molecule has 5 nitrogen and oxygen atoms in total. The zero-order chi connectivity index (χ0) is 14.5. The van der Waals surface area contributed by atoms with E-state index in [0.29, 0.717) is 32.5 Å². The topological polar surface area (TPSA) is 75.6 Å². The monoisotopic (exact) mass is 271 g/mol. The number of amides is 1. The summed E-state index contributed by atoms with van der Waals surface area (Å²) in [6, 6.07) is 0. The van der Waals surface area contributed by atoms with Gasteiger partial charge in [-0.05, 0) is 18.3 Å². The molecule has 1 fully saturated rings. The Morgan fingerprint density at radius 2 is 1.84 bits per heavy atom. The van der Waals surface area contributed by atoms with E-state index < -0.39 is 11.5 Å². The summed E-state index contributed by atoms with van der Waals surface area (Å²) in [5.41, 5.74) is -0.930. The second-order valence-electron chi connectivity index (χ2n) is 6.46. The third-order valence-electron chi connectivity index (χ3n) is 3.47. The Balaban J connectivity index is 2.46. The third kappa shape index (κ3) is 5.19. The van der Waals surface area contributed by atoms with E-state index in [2.05, 4.69) is 26.1 Å². The van der Waals surface area contributed by atoms with E-state index in [-0.39, 0.29) is 11.3 Å². The molecule has 2 N–H and O–H groups in total. The van der Waals surface area contributed by atoms with Gasteiger partial charge in [-0.1, -0.05) is 20.8 Å². The molecule has 0 bridgehead atoms. The zero-order valence-corrected chi connectivity index (χ0v) is 12.1. The van der Waals surface area contributed by atoms with Gasteiger partial charge in [0, 0.05) is 32.5 Å². The maximum Gasteiger partial charge on any atom is 0.329 e. The first-order valence-electron chi connectivity index (χ1n) is 6.87. The van der Waals surface area contributed by atoms with Crippen LogP contribution < -0.4 is 5.32 Å². The molecule has 0 atom stereocenters. The Hall–Kier alpha value is -1.10. The van der Waals surface area contributed by atoms with Gasteiger partial charge in [0.05, 0.1) is 0 Å². The van der Waals surface area contributed by atoms with E-state index in [4.69, 9.17) is 4.74 Å². The number of rotatable bonds is 5. The van der Waals surface area contributed by atoms with Crippen LogP contribution in [0.5, 0.6) is 0 Å². The molecule has 0 aromatic carbocycles. The van der Waals surface area contributed by atoms with Crippen molar-refractivity contribution in [1.82, 2.24) is 5.32 Å². The average Bonchev–Trinajstić information content (AvgIpc) is 2.28. The normalized spacial score (nSPS) is 18.9. The lowest BCUT2D eigenvalue weighted by atomic mass is 9.88. The molecule has 0 unspecified atom stereocenters.